The Morgan fingerprint density at radius 1 is 1.17 bits per heavy atom. The number of nitrogens with one attached hydrogen (secondary N) is 1. The van der Waals surface area contributed by atoms with Gasteiger partial charge in [-0.3, -0.25) is 14.2 Å². The number of aromatic nitrogens is 2. The van der Waals surface area contributed by atoms with Gasteiger partial charge in [0.1, 0.15) is 0 Å². The molecule has 0 radical (unpaired) electrons. The fraction of sp³-hybridized carbons (Fsp3) is 0.348. The van der Waals surface area contributed by atoms with Crippen LogP contribution in [-0.4, -0.2) is 27.3 Å². The molecule has 0 saturated heterocycles. The molecule has 0 aliphatic heterocycles. The van der Waals surface area contributed by atoms with Gasteiger partial charge >= 0.3 is 0 Å². The second kappa shape index (κ2) is 8.82. The van der Waals surface area contributed by atoms with Crippen LogP contribution in [0.15, 0.2) is 64.5 Å². The number of amides is 1. The van der Waals surface area contributed by atoms with E-state index in [0.717, 1.165) is 25.7 Å². The highest BCUT2D eigenvalue weighted by Gasteiger charge is 2.28. The SMILES string of the molecule is C[C@@H](CCc1ccccc1)NC(=O)CSc1nc2ccccc2c(=O)n1C1CC1. The van der Waals surface area contributed by atoms with Crippen molar-refractivity contribution in [3.63, 3.8) is 0 Å². The van der Waals surface area contributed by atoms with Crippen molar-refractivity contribution in [1.82, 2.24) is 14.9 Å². The Hall–Kier alpha value is -2.60. The number of carbonyl (C=O) groups excluding carboxylic acids is 1. The van der Waals surface area contributed by atoms with E-state index in [-0.39, 0.29) is 29.3 Å². The summed E-state index contributed by atoms with van der Waals surface area (Å²) < 4.78 is 1.78. The Morgan fingerprint density at radius 2 is 1.90 bits per heavy atom. The average Bonchev–Trinajstić information content (AvgIpc) is 3.56. The van der Waals surface area contributed by atoms with E-state index in [1.54, 1.807) is 4.57 Å². The molecule has 1 amide bonds. The minimum Gasteiger partial charge on any atom is -0.353 e. The van der Waals surface area contributed by atoms with Crippen molar-refractivity contribution in [2.45, 2.75) is 49.8 Å². The van der Waals surface area contributed by atoms with E-state index in [9.17, 15) is 9.59 Å². The molecule has 1 saturated carbocycles. The van der Waals surface area contributed by atoms with E-state index in [4.69, 9.17) is 0 Å². The van der Waals surface area contributed by atoms with Crippen molar-refractivity contribution >= 4 is 28.6 Å². The molecule has 0 spiro atoms. The van der Waals surface area contributed by atoms with Gasteiger partial charge in [-0.05, 0) is 50.3 Å². The number of hydrogen-bond acceptors (Lipinski definition) is 4. The van der Waals surface area contributed by atoms with E-state index in [1.165, 1.54) is 17.3 Å². The topological polar surface area (TPSA) is 64.0 Å². The summed E-state index contributed by atoms with van der Waals surface area (Å²) in [4.78, 5) is 30.0. The van der Waals surface area contributed by atoms with Crippen molar-refractivity contribution in [2.75, 3.05) is 5.75 Å². The molecule has 5 nitrogen and oxygen atoms in total. The van der Waals surface area contributed by atoms with Gasteiger partial charge in [-0.2, -0.15) is 0 Å². The molecule has 1 fully saturated rings. The molecule has 0 unspecified atom stereocenters. The second-order valence-corrected chi connectivity index (χ2v) is 8.54. The van der Waals surface area contributed by atoms with Gasteiger partial charge in [0, 0.05) is 12.1 Å². The molecule has 2 aromatic carbocycles. The zero-order valence-electron chi connectivity index (χ0n) is 16.5. The van der Waals surface area contributed by atoms with Crippen LogP contribution < -0.4 is 10.9 Å². The first kappa shape index (κ1) is 19.7. The van der Waals surface area contributed by atoms with Crippen LogP contribution in [0.2, 0.25) is 0 Å². The van der Waals surface area contributed by atoms with Gasteiger partial charge in [0.25, 0.3) is 5.56 Å². The van der Waals surface area contributed by atoms with Gasteiger partial charge in [0.2, 0.25) is 5.91 Å². The number of hydrogen-bond donors (Lipinski definition) is 1. The summed E-state index contributed by atoms with van der Waals surface area (Å²) in [5.41, 5.74) is 1.96. The molecule has 6 heteroatoms. The number of thioether (sulfide) groups is 1. The molecule has 4 rings (SSSR count). The Bertz CT molecular complexity index is 1060. The lowest BCUT2D eigenvalue weighted by molar-refractivity contribution is -0.119. The van der Waals surface area contributed by atoms with Gasteiger partial charge in [0.15, 0.2) is 5.16 Å². The first-order valence-electron chi connectivity index (χ1n) is 10.1. The normalized spacial score (nSPS) is 14.7. The number of benzene rings is 2. The lowest BCUT2D eigenvalue weighted by atomic mass is 10.1. The highest BCUT2D eigenvalue weighted by Crippen LogP contribution is 2.36. The van der Waals surface area contributed by atoms with Gasteiger partial charge < -0.3 is 5.32 Å². The molecule has 1 heterocycles. The fourth-order valence-electron chi connectivity index (χ4n) is 3.43. The fourth-order valence-corrected chi connectivity index (χ4v) is 4.31. The predicted molar refractivity (Wildman–Crippen MR) is 117 cm³/mol. The largest absolute Gasteiger partial charge is 0.353 e. The van der Waals surface area contributed by atoms with Crippen molar-refractivity contribution in [3.05, 3.63) is 70.5 Å². The Morgan fingerprint density at radius 3 is 2.66 bits per heavy atom. The van der Waals surface area contributed by atoms with Crippen molar-refractivity contribution in [1.29, 1.82) is 0 Å². The standard InChI is InChI=1S/C23H25N3O2S/c1-16(11-12-17-7-3-2-4-8-17)24-21(27)15-29-23-25-20-10-6-5-9-19(20)22(28)26(23)18-13-14-18/h2-10,16,18H,11-15H2,1H3,(H,24,27)/t16-/m0/s1. The first-order valence-corrected chi connectivity index (χ1v) is 11.1. The Kier molecular flexibility index (Phi) is 6.00. The molecular weight excluding hydrogens is 382 g/mol. The van der Waals surface area contributed by atoms with E-state index < -0.39 is 0 Å². The smallest absolute Gasteiger partial charge is 0.262 e. The van der Waals surface area contributed by atoms with E-state index >= 15 is 0 Å². The summed E-state index contributed by atoms with van der Waals surface area (Å²) in [5, 5.41) is 4.34. The quantitative estimate of drug-likeness (QED) is 0.453. The molecule has 1 aromatic heterocycles. The minimum atomic E-state index is -0.0275. The van der Waals surface area contributed by atoms with E-state index in [1.807, 2.05) is 49.4 Å². The number of fused-ring (bicyclic) bond motifs is 1. The monoisotopic (exact) mass is 407 g/mol. The maximum absolute atomic E-state index is 12.9. The lowest BCUT2D eigenvalue weighted by Gasteiger charge is -2.15. The van der Waals surface area contributed by atoms with Crippen LogP contribution in [0.25, 0.3) is 10.9 Å². The van der Waals surface area contributed by atoms with Gasteiger partial charge in [-0.15, -0.1) is 0 Å². The number of para-hydroxylation sites is 1. The number of nitrogens with zero attached hydrogens (tertiary/aromatic N) is 2. The van der Waals surface area contributed by atoms with Crippen molar-refractivity contribution in [3.8, 4) is 0 Å². The van der Waals surface area contributed by atoms with E-state index in [2.05, 4.69) is 22.4 Å². The molecule has 1 N–H and O–H groups in total. The summed E-state index contributed by atoms with van der Waals surface area (Å²) in [6.45, 7) is 2.03. The summed E-state index contributed by atoms with van der Waals surface area (Å²) >= 11 is 1.35. The third-order valence-corrected chi connectivity index (χ3v) is 6.09. The Balaban J connectivity index is 1.38. The van der Waals surface area contributed by atoms with Gasteiger partial charge in [-0.1, -0.05) is 54.2 Å². The zero-order chi connectivity index (χ0) is 20.2. The number of aryl methyl sites for hydroxylation is 1. The number of carbonyl (C=O) groups is 1. The zero-order valence-corrected chi connectivity index (χ0v) is 17.3. The molecule has 150 valence electrons. The molecule has 1 aliphatic carbocycles. The van der Waals surface area contributed by atoms with Crippen LogP contribution in [0.5, 0.6) is 0 Å². The maximum Gasteiger partial charge on any atom is 0.262 e. The lowest BCUT2D eigenvalue weighted by Crippen LogP contribution is -2.34. The van der Waals surface area contributed by atoms with Crippen LogP contribution in [0.4, 0.5) is 0 Å². The molecule has 1 aliphatic rings. The summed E-state index contributed by atoms with van der Waals surface area (Å²) in [6.07, 6.45) is 3.82. The van der Waals surface area contributed by atoms with Crippen LogP contribution >= 0.6 is 11.8 Å². The average molecular weight is 408 g/mol. The summed E-state index contributed by atoms with van der Waals surface area (Å²) in [5.74, 6) is 0.230. The molecule has 0 bridgehead atoms. The minimum absolute atomic E-state index is 0.00256. The summed E-state index contributed by atoms with van der Waals surface area (Å²) in [7, 11) is 0. The molecule has 29 heavy (non-hydrogen) atoms. The molecule has 1 atom stereocenters. The van der Waals surface area contributed by atoms with Crippen LogP contribution in [0.3, 0.4) is 0 Å². The number of rotatable bonds is 8. The highest BCUT2D eigenvalue weighted by atomic mass is 32.2. The van der Waals surface area contributed by atoms with Crippen LogP contribution in [0.1, 0.15) is 37.8 Å². The van der Waals surface area contributed by atoms with Gasteiger partial charge in [-0.25, -0.2) is 4.98 Å². The van der Waals surface area contributed by atoms with Crippen molar-refractivity contribution < 1.29 is 4.79 Å². The maximum atomic E-state index is 12.9. The molecular formula is C23H25N3O2S. The van der Waals surface area contributed by atoms with Crippen LogP contribution in [0, 0.1) is 0 Å². The third-order valence-electron chi connectivity index (χ3n) is 5.14. The van der Waals surface area contributed by atoms with Crippen molar-refractivity contribution in [2.24, 2.45) is 0 Å². The summed E-state index contributed by atoms with van der Waals surface area (Å²) in [6, 6.07) is 18.0. The predicted octanol–water partition coefficient (Wildman–Crippen LogP) is 3.96. The van der Waals surface area contributed by atoms with Crippen LogP contribution in [-0.2, 0) is 11.2 Å². The van der Waals surface area contributed by atoms with Gasteiger partial charge in [0.05, 0.1) is 16.7 Å². The molecule has 3 aromatic rings. The second-order valence-electron chi connectivity index (χ2n) is 7.60. The third kappa shape index (κ3) is 4.88. The highest BCUT2D eigenvalue weighted by molar-refractivity contribution is 7.99. The first-order chi connectivity index (χ1) is 14.1. The van der Waals surface area contributed by atoms with E-state index in [0.29, 0.717) is 16.1 Å². The Labute approximate surface area is 174 Å².